The van der Waals surface area contributed by atoms with Gasteiger partial charge in [0.25, 0.3) is 10.2 Å². The summed E-state index contributed by atoms with van der Waals surface area (Å²) in [5.41, 5.74) is 3.38. The molecule has 1 fully saturated rings. The molecular weight excluding hydrogens is 378 g/mol. The molecular formula is C20H27N3O4S. The van der Waals surface area contributed by atoms with Gasteiger partial charge in [0.15, 0.2) is 0 Å². The average molecular weight is 406 g/mol. The fraction of sp³-hybridized carbons (Fsp3) is 0.550. The molecule has 0 radical (unpaired) electrons. The lowest BCUT2D eigenvalue weighted by molar-refractivity contribution is 0.0601. The maximum atomic E-state index is 13.2. The Kier molecular flexibility index (Phi) is 5.20. The van der Waals surface area contributed by atoms with Gasteiger partial charge in [-0.05, 0) is 36.6 Å². The van der Waals surface area contributed by atoms with Crippen molar-refractivity contribution in [1.82, 2.24) is 13.6 Å². The summed E-state index contributed by atoms with van der Waals surface area (Å²) in [6.45, 7) is 0.780. The molecule has 1 N–H and O–H groups in total. The molecule has 1 aliphatic heterocycles. The third kappa shape index (κ3) is 3.33. The minimum atomic E-state index is -3.52. The summed E-state index contributed by atoms with van der Waals surface area (Å²) in [6.07, 6.45) is 5.88. The van der Waals surface area contributed by atoms with Crippen molar-refractivity contribution < 1.29 is 17.9 Å². The van der Waals surface area contributed by atoms with Gasteiger partial charge in [0.05, 0.1) is 12.7 Å². The van der Waals surface area contributed by atoms with E-state index in [1.54, 1.807) is 27.8 Å². The molecule has 2 aromatic rings. The topological polar surface area (TPSA) is 82.7 Å². The second kappa shape index (κ2) is 7.50. The average Bonchev–Trinajstić information content (AvgIpc) is 3.10. The molecule has 0 unspecified atom stereocenters. The molecule has 0 saturated heterocycles. The largest absolute Gasteiger partial charge is 0.465 e. The van der Waals surface area contributed by atoms with Crippen LogP contribution in [-0.4, -0.2) is 54.7 Å². The van der Waals surface area contributed by atoms with Gasteiger partial charge in [-0.15, -0.1) is 0 Å². The summed E-state index contributed by atoms with van der Waals surface area (Å²) >= 11 is 0. The number of rotatable bonds is 4. The number of carbonyl (C=O) groups is 1. The number of benzene rings is 1. The summed E-state index contributed by atoms with van der Waals surface area (Å²) in [6, 6.07) is 5.46. The highest BCUT2D eigenvalue weighted by Gasteiger charge is 2.35. The van der Waals surface area contributed by atoms with E-state index in [1.807, 2.05) is 6.07 Å². The summed E-state index contributed by atoms with van der Waals surface area (Å²) in [5.74, 6) is -0.394. The number of H-pyrrole nitrogens is 1. The second-order valence-corrected chi connectivity index (χ2v) is 9.72. The molecule has 1 aromatic heterocycles. The lowest BCUT2D eigenvalue weighted by Crippen LogP contribution is -2.48. The first-order valence-electron chi connectivity index (χ1n) is 9.86. The van der Waals surface area contributed by atoms with Crippen LogP contribution in [-0.2, 0) is 27.9 Å². The van der Waals surface area contributed by atoms with Crippen molar-refractivity contribution in [3.05, 3.63) is 35.0 Å². The first-order chi connectivity index (χ1) is 13.4. The van der Waals surface area contributed by atoms with E-state index in [-0.39, 0.29) is 6.04 Å². The Morgan fingerprint density at radius 1 is 1.25 bits per heavy atom. The van der Waals surface area contributed by atoms with Gasteiger partial charge in [0.1, 0.15) is 0 Å². The fourth-order valence-electron chi connectivity index (χ4n) is 4.45. The Balaban J connectivity index is 1.63. The van der Waals surface area contributed by atoms with Gasteiger partial charge in [0.2, 0.25) is 0 Å². The number of aromatic nitrogens is 1. The Morgan fingerprint density at radius 3 is 2.71 bits per heavy atom. The lowest BCUT2D eigenvalue weighted by atomic mass is 9.96. The summed E-state index contributed by atoms with van der Waals surface area (Å²) in [4.78, 5) is 15.3. The minimum absolute atomic E-state index is 0.0917. The minimum Gasteiger partial charge on any atom is -0.465 e. The van der Waals surface area contributed by atoms with Crippen molar-refractivity contribution in [1.29, 1.82) is 0 Å². The summed E-state index contributed by atoms with van der Waals surface area (Å²) in [7, 11) is -0.451. The number of carbonyl (C=O) groups excluding carboxylic acids is 1. The molecule has 0 bridgehead atoms. The van der Waals surface area contributed by atoms with Crippen LogP contribution in [0.4, 0.5) is 0 Å². The number of methoxy groups -OCH3 is 1. The smallest absolute Gasteiger partial charge is 0.337 e. The second-order valence-electron chi connectivity index (χ2n) is 7.73. The lowest BCUT2D eigenvalue weighted by Gasteiger charge is -2.36. The van der Waals surface area contributed by atoms with Gasteiger partial charge in [-0.1, -0.05) is 19.3 Å². The van der Waals surface area contributed by atoms with Crippen molar-refractivity contribution in [2.24, 2.45) is 0 Å². The van der Waals surface area contributed by atoms with Gasteiger partial charge >= 0.3 is 5.97 Å². The van der Waals surface area contributed by atoms with Crippen LogP contribution >= 0.6 is 0 Å². The number of ether oxygens (including phenoxy) is 1. The van der Waals surface area contributed by atoms with Crippen LogP contribution in [0.5, 0.6) is 0 Å². The van der Waals surface area contributed by atoms with Crippen molar-refractivity contribution in [3.8, 4) is 0 Å². The Bertz CT molecular complexity index is 992. The van der Waals surface area contributed by atoms with Crippen molar-refractivity contribution in [3.63, 3.8) is 0 Å². The number of nitrogens with one attached hydrogen (secondary N) is 1. The molecule has 7 nitrogen and oxygen atoms in total. The molecule has 1 aromatic carbocycles. The molecule has 1 aliphatic carbocycles. The molecule has 0 spiro atoms. The van der Waals surface area contributed by atoms with E-state index in [2.05, 4.69) is 4.98 Å². The van der Waals surface area contributed by atoms with Crippen LogP contribution < -0.4 is 0 Å². The van der Waals surface area contributed by atoms with Crippen LogP contribution in [0.2, 0.25) is 0 Å². The highest BCUT2D eigenvalue weighted by molar-refractivity contribution is 7.86. The molecule has 0 amide bonds. The first-order valence-corrected chi connectivity index (χ1v) is 11.3. The zero-order valence-corrected chi connectivity index (χ0v) is 17.2. The quantitative estimate of drug-likeness (QED) is 0.793. The van der Waals surface area contributed by atoms with Crippen LogP contribution in [0, 0.1) is 0 Å². The molecule has 1 saturated carbocycles. The zero-order valence-electron chi connectivity index (χ0n) is 16.4. The Morgan fingerprint density at radius 2 is 2.00 bits per heavy atom. The highest BCUT2D eigenvalue weighted by Crippen LogP contribution is 2.32. The fourth-order valence-corrected chi connectivity index (χ4v) is 6.01. The number of fused-ring (bicyclic) bond motifs is 3. The van der Waals surface area contributed by atoms with E-state index >= 15 is 0 Å². The van der Waals surface area contributed by atoms with E-state index < -0.39 is 16.2 Å². The number of esters is 1. The third-order valence-corrected chi connectivity index (χ3v) is 8.13. The number of nitrogens with zero attached hydrogens (tertiary/aromatic N) is 2. The standard InChI is InChI=1S/C20H27N3O4S/c1-22(15-6-4-3-5-7-15)28(25,26)23-11-10-19-17(13-23)16-12-14(20(24)27-2)8-9-18(16)21-19/h8-9,12,15,21H,3-7,10-11,13H2,1-2H3. The molecule has 28 heavy (non-hydrogen) atoms. The molecule has 2 heterocycles. The van der Waals surface area contributed by atoms with E-state index in [1.165, 1.54) is 13.5 Å². The van der Waals surface area contributed by atoms with Gasteiger partial charge in [-0.25, -0.2) is 4.79 Å². The van der Waals surface area contributed by atoms with Crippen molar-refractivity contribution in [2.75, 3.05) is 20.7 Å². The van der Waals surface area contributed by atoms with Crippen LogP contribution in [0.25, 0.3) is 10.9 Å². The number of hydrogen-bond acceptors (Lipinski definition) is 4. The normalized spacial score (nSPS) is 19.1. The Labute approximate surface area is 165 Å². The third-order valence-electron chi connectivity index (χ3n) is 6.14. The van der Waals surface area contributed by atoms with Gasteiger partial charge in [-0.3, -0.25) is 0 Å². The predicted octanol–water partition coefficient (Wildman–Crippen LogP) is 2.82. The van der Waals surface area contributed by atoms with Gasteiger partial charge < -0.3 is 9.72 Å². The Hall–Kier alpha value is -1.90. The maximum absolute atomic E-state index is 13.2. The van der Waals surface area contributed by atoms with E-state index in [0.29, 0.717) is 25.1 Å². The van der Waals surface area contributed by atoms with E-state index in [0.717, 1.165) is 47.8 Å². The van der Waals surface area contributed by atoms with Gasteiger partial charge in [0, 0.05) is 49.2 Å². The predicted molar refractivity (Wildman–Crippen MR) is 107 cm³/mol. The molecule has 4 rings (SSSR count). The summed E-state index contributed by atoms with van der Waals surface area (Å²) in [5, 5.41) is 0.887. The molecule has 152 valence electrons. The van der Waals surface area contributed by atoms with Crippen molar-refractivity contribution >= 4 is 27.1 Å². The van der Waals surface area contributed by atoms with Crippen LogP contribution in [0.15, 0.2) is 18.2 Å². The SMILES string of the molecule is COC(=O)c1ccc2[nH]c3c(c2c1)CN(S(=O)(=O)N(C)C1CCCCC1)CC3. The van der Waals surface area contributed by atoms with E-state index in [9.17, 15) is 13.2 Å². The number of hydrogen-bond donors (Lipinski definition) is 1. The zero-order chi connectivity index (χ0) is 19.9. The maximum Gasteiger partial charge on any atom is 0.337 e. The highest BCUT2D eigenvalue weighted by atomic mass is 32.2. The van der Waals surface area contributed by atoms with Crippen LogP contribution in [0.3, 0.4) is 0 Å². The van der Waals surface area contributed by atoms with Crippen LogP contribution in [0.1, 0.15) is 53.7 Å². The van der Waals surface area contributed by atoms with Crippen molar-refractivity contribution in [2.45, 2.75) is 51.1 Å². The molecule has 0 atom stereocenters. The number of aromatic amines is 1. The summed E-state index contributed by atoms with van der Waals surface area (Å²) < 4.78 is 34.4. The first kappa shape index (κ1) is 19.4. The monoisotopic (exact) mass is 405 g/mol. The van der Waals surface area contributed by atoms with E-state index in [4.69, 9.17) is 4.74 Å². The van der Waals surface area contributed by atoms with Gasteiger partial charge in [-0.2, -0.15) is 17.0 Å². The molecule has 8 heteroatoms. The molecule has 2 aliphatic rings.